The number of esters is 2. The maximum Gasteiger partial charge on any atom is 0.325 e. The number of para-hydroxylation sites is 1. The monoisotopic (exact) mass is 359 g/mol. The Morgan fingerprint density at radius 3 is 2.23 bits per heavy atom. The predicted octanol–water partition coefficient (Wildman–Crippen LogP) is 3.05. The second kappa shape index (κ2) is 8.19. The minimum absolute atomic E-state index is 0.0770. The van der Waals surface area contributed by atoms with Crippen molar-refractivity contribution in [2.75, 3.05) is 19.3 Å². The molecule has 2 atom stereocenters. The third kappa shape index (κ3) is 3.51. The van der Waals surface area contributed by atoms with Crippen molar-refractivity contribution in [2.45, 2.75) is 32.4 Å². The molecular weight excluding hydrogens is 334 g/mol. The van der Waals surface area contributed by atoms with Gasteiger partial charge >= 0.3 is 11.9 Å². The fourth-order valence-electron chi connectivity index (χ4n) is 3.19. The number of allylic oxidation sites excluding steroid dienone is 1. The Balaban J connectivity index is 2.71. The van der Waals surface area contributed by atoms with Crippen LogP contribution in [0, 0.1) is 5.41 Å². The number of hydroxylamine groups is 1. The van der Waals surface area contributed by atoms with Gasteiger partial charge in [-0.25, -0.2) is 5.06 Å². The normalized spacial score (nSPS) is 21.5. The highest BCUT2D eigenvalue weighted by Crippen LogP contribution is 2.43. The average molecular weight is 359 g/mol. The molecule has 0 bridgehead atoms. The Hall–Kier alpha value is -2.60. The topological polar surface area (TPSA) is 65.1 Å². The number of ether oxygens (including phenoxy) is 2. The Morgan fingerprint density at radius 2 is 1.77 bits per heavy atom. The molecule has 6 heteroatoms. The lowest BCUT2D eigenvalue weighted by molar-refractivity contribution is -0.180. The largest absolute Gasteiger partial charge is 0.468 e. The minimum atomic E-state index is -1.58. The number of benzene rings is 1. The van der Waals surface area contributed by atoms with Crippen LogP contribution in [0.4, 0.5) is 5.69 Å². The molecule has 6 nitrogen and oxygen atoms in total. The van der Waals surface area contributed by atoms with Gasteiger partial charge in [-0.05, 0) is 26.0 Å². The van der Waals surface area contributed by atoms with Crippen molar-refractivity contribution in [2.24, 2.45) is 5.41 Å². The van der Waals surface area contributed by atoms with Gasteiger partial charge < -0.3 is 9.47 Å². The van der Waals surface area contributed by atoms with E-state index in [4.69, 9.17) is 14.3 Å². The van der Waals surface area contributed by atoms with Crippen molar-refractivity contribution in [1.29, 1.82) is 0 Å². The molecule has 2 rings (SSSR count). The van der Waals surface area contributed by atoms with E-state index in [1.165, 1.54) is 14.2 Å². The Labute approximate surface area is 154 Å². The lowest BCUT2D eigenvalue weighted by Gasteiger charge is -2.47. The molecule has 0 N–H and O–H groups in total. The SMILES string of the molecule is C=C[C@H]1CC(C(=O)OC)(C(=O)OC)[C@@H](C=C(C)C)N(c2ccccc2)O1. The molecule has 1 fully saturated rings. The number of rotatable bonds is 5. The van der Waals surface area contributed by atoms with Crippen molar-refractivity contribution < 1.29 is 23.9 Å². The highest BCUT2D eigenvalue weighted by atomic mass is 16.7. The predicted molar refractivity (Wildman–Crippen MR) is 98.3 cm³/mol. The third-order valence-electron chi connectivity index (χ3n) is 4.39. The molecule has 0 spiro atoms. The Kier molecular flexibility index (Phi) is 6.21. The molecule has 1 heterocycles. The highest BCUT2D eigenvalue weighted by Gasteiger charge is 2.60. The number of hydrogen-bond donors (Lipinski definition) is 0. The van der Waals surface area contributed by atoms with E-state index < -0.39 is 29.5 Å². The first kappa shape index (κ1) is 19.7. The summed E-state index contributed by atoms with van der Waals surface area (Å²) in [5, 5.41) is 1.57. The number of carbonyl (C=O) groups excluding carboxylic acids is 2. The maximum atomic E-state index is 12.9. The van der Waals surface area contributed by atoms with E-state index in [1.807, 2.05) is 50.3 Å². The number of anilines is 1. The van der Waals surface area contributed by atoms with Gasteiger partial charge in [-0.2, -0.15) is 0 Å². The fourth-order valence-corrected chi connectivity index (χ4v) is 3.19. The summed E-state index contributed by atoms with van der Waals surface area (Å²) >= 11 is 0. The van der Waals surface area contributed by atoms with Crippen LogP contribution in [0.25, 0.3) is 0 Å². The van der Waals surface area contributed by atoms with Crippen molar-refractivity contribution in [3.63, 3.8) is 0 Å². The Morgan fingerprint density at radius 1 is 1.19 bits per heavy atom. The molecular formula is C20H25NO5. The van der Waals surface area contributed by atoms with E-state index in [1.54, 1.807) is 11.1 Å². The maximum absolute atomic E-state index is 12.9. The van der Waals surface area contributed by atoms with E-state index in [0.29, 0.717) is 5.69 Å². The van der Waals surface area contributed by atoms with E-state index in [9.17, 15) is 9.59 Å². The molecule has 0 saturated carbocycles. The molecule has 0 unspecified atom stereocenters. The minimum Gasteiger partial charge on any atom is -0.468 e. The highest BCUT2D eigenvalue weighted by molar-refractivity contribution is 6.02. The van der Waals surface area contributed by atoms with Gasteiger partial charge in [0.2, 0.25) is 0 Å². The Bertz CT molecular complexity index is 677. The van der Waals surface area contributed by atoms with Gasteiger partial charge in [0, 0.05) is 6.42 Å². The van der Waals surface area contributed by atoms with Crippen LogP contribution in [0.5, 0.6) is 0 Å². The van der Waals surface area contributed by atoms with E-state index in [0.717, 1.165) is 5.57 Å². The summed E-state index contributed by atoms with van der Waals surface area (Å²) in [5.41, 5.74) is 0.0563. The van der Waals surface area contributed by atoms with E-state index >= 15 is 0 Å². The smallest absolute Gasteiger partial charge is 0.325 e. The quantitative estimate of drug-likeness (QED) is 0.457. The average Bonchev–Trinajstić information content (AvgIpc) is 2.67. The van der Waals surface area contributed by atoms with Crippen LogP contribution < -0.4 is 5.06 Å². The van der Waals surface area contributed by atoms with Gasteiger partial charge in [-0.1, -0.05) is 35.9 Å². The molecule has 1 aromatic carbocycles. The van der Waals surface area contributed by atoms with Crippen LogP contribution >= 0.6 is 0 Å². The standard InChI is InChI=1S/C20H25NO5/c1-6-16-13-20(18(22)24-4,19(23)25-5)17(12-14(2)3)21(26-16)15-10-8-7-9-11-15/h6-12,16-17H,1,13H2,2-5H3/t16-,17+/m0/s1. The van der Waals surface area contributed by atoms with Gasteiger partial charge in [0.15, 0.2) is 5.41 Å². The fraction of sp³-hybridized carbons (Fsp3) is 0.400. The van der Waals surface area contributed by atoms with Crippen molar-refractivity contribution in [1.82, 2.24) is 0 Å². The second-order valence-electron chi connectivity index (χ2n) is 6.39. The first-order valence-electron chi connectivity index (χ1n) is 8.36. The molecule has 0 amide bonds. The zero-order chi connectivity index (χ0) is 19.3. The van der Waals surface area contributed by atoms with Crippen molar-refractivity contribution in [3.05, 3.63) is 54.6 Å². The molecule has 0 radical (unpaired) electrons. The van der Waals surface area contributed by atoms with Crippen LogP contribution in [-0.2, 0) is 23.9 Å². The lowest BCUT2D eigenvalue weighted by Crippen LogP contribution is -2.62. The summed E-state index contributed by atoms with van der Waals surface area (Å²) in [7, 11) is 2.52. The number of nitrogens with zero attached hydrogens (tertiary/aromatic N) is 1. The molecule has 1 aromatic rings. The number of methoxy groups -OCH3 is 2. The van der Waals surface area contributed by atoms with Gasteiger partial charge in [-0.15, -0.1) is 6.58 Å². The zero-order valence-corrected chi connectivity index (χ0v) is 15.6. The second-order valence-corrected chi connectivity index (χ2v) is 6.39. The van der Waals surface area contributed by atoms with Crippen LogP contribution in [0.15, 0.2) is 54.6 Å². The van der Waals surface area contributed by atoms with E-state index in [2.05, 4.69) is 6.58 Å². The molecule has 0 aromatic heterocycles. The number of hydrogen-bond acceptors (Lipinski definition) is 6. The molecule has 140 valence electrons. The first-order chi connectivity index (χ1) is 12.4. The van der Waals surface area contributed by atoms with Gasteiger partial charge in [-0.3, -0.25) is 14.4 Å². The summed E-state index contributed by atoms with van der Waals surface area (Å²) in [6.07, 6.45) is 2.90. The number of carbonyl (C=O) groups is 2. The van der Waals surface area contributed by atoms with Crippen molar-refractivity contribution in [3.8, 4) is 0 Å². The lowest BCUT2D eigenvalue weighted by atomic mass is 9.73. The summed E-state index contributed by atoms with van der Waals surface area (Å²) < 4.78 is 10.0. The first-order valence-corrected chi connectivity index (χ1v) is 8.36. The van der Waals surface area contributed by atoms with Crippen LogP contribution in [0.1, 0.15) is 20.3 Å². The van der Waals surface area contributed by atoms with Gasteiger partial charge in [0.25, 0.3) is 0 Å². The molecule has 26 heavy (non-hydrogen) atoms. The zero-order valence-electron chi connectivity index (χ0n) is 15.6. The molecule has 1 saturated heterocycles. The van der Waals surface area contributed by atoms with Crippen molar-refractivity contribution >= 4 is 17.6 Å². The summed E-state index contributed by atoms with van der Waals surface area (Å²) in [5.74, 6) is -1.33. The van der Waals surface area contributed by atoms with E-state index in [-0.39, 0.29) is 6.42 Å². The van der Waals surface area contributed by atoms with Gasteiger partial charge in [0.05, 0.1) is 19.9 Å². The molecule has 1 aliphatic rings. The van der Waals surface area contributed by atoms with Gasteiger partial charge in [0.1, 0.15) is 12.1 Å². The summed E-state index contributed by atoms with van der Waals surface area (Å²) in [6.45, 7) is 7.54. The summed E-state index contributed by atoms with van der Waals surface area (Å²) in [6, 6.07) is 8.54. The van der Waals surface area contributed by atoms with Crippen LogP contribution in [-0.4, -0.2) is 38.3 Å². The third-order valence-corrected chi connectivity index (χ3v) is 4.39. The van der Waals surface area contributed by atoms with Crippen LogP contribution in [0.2, 0.25) is 0 Å². The molecule has 1 aliphatic heterocycles. The molecule has 0 aliphatic carbocycles. The van der Waals surface area contributed by atoms with Crippen LogP contribution in [0.3, 0.4) is 0 Å². The summed E-state index contributed by atoms with van der Waals surface area (Å²) in [4.78, 5) is 31.7.